The van der Waals surface area contributed by atoms with Crippen molar-refractivity contribution in [2.45, 2.75) is 13.8 Å². The quantitative estimate of drug-likeness (QED) is 0.581. The number of halogens is 1. The zero-order valence-electron chi connectivity index (χ0n) is 12.8. The van der Waals surface area contributed by atoms with Crippen molar-refractivity contribution in [3.05, 3.63) is 88.4 Å². The molecule has 0 spiro atoms. The molecule has 0 saturated heterocycles. The molecule has 0 amide bonds. The van der Waals surface area contributed by atoms with E-state index in [0.29, 0.717) is 0 Å². The van der Waals surface area contributed by atoms with Crippen molar-refractivity contribution in [1.29, 1.82) is 0 Å². The Balaban J connectivity index is 2.16. The van der Waals surface area contributed by atoms with Gasteiger partial charge in [-0.25, -0.2) is 0 Å². The van der Waals surface area contributed by atoms with E-state index in [2.05, 4.69) is 103 Å². The molecule has 0 unspecified atom stereocenters. The molecular formula is C20H18BrP. The second-order valence-electron chi connectivity index (χ2n) is 5.46. The molecule has 3 rings (SSSR count). The van der Waals surface area contributed by atoms with Crippen LogP contribution >= 0.6 is 23.9 Å². The molecule has 0 saturated carbocycles. The van der Waals surface area contributed by atoms with Crippen LogP contribution in [0.5, 0.6) is 0 Å². The minimum absolute atomic E-state index is 0.538. The summed E-state index contributed by atoms with van der Waals surface area (Å²) in [6.07, 6.45) is 0. The van der Waals surface area contributed by atoms with Crippen LogP contribution < -0.4 is 15.9 Å². The Bertz CT molecular complexity index is 715. The Labute approximate surface area is 142 Å². The van der Waals surface area contributed by atoms with Crippen molar-refractivity contribution >= 4 is 39.8 Å². The summed E-state index contributed by atoms with van der Waals surface area (Å²) in [5.41, 5.74) is 2.60. The molecule has 0 fully saturated rings. The van der Waals surface area contributed by atoms with Crippen LogP contribution in [0.15, 0.2) is 77.3 Å². The maximum atomic E-state index is 3.74. The lowest BCUT2D eigenvalue weighted by atomic mass is 10.2. The van der Waals surface area contributed by atoms with E-state index in [1.54, 1.807) is 0 Å². The topological polar surface area (TPSA) is 0 Å². The molecular weight excluding hydrogens is 351 g/mol. The summed E-state index contributed by atoms with van der Waals surface area (Å²) in [6, 6.07) is 26.4. The minimum Gasteiger partial charge on any atom is -0.0615 e. The van der Waals surface area contributed by atoms with Crippen molar-refractivity contribution in [2.24, 2.45) is 0 Å². The van der Waals surface area contributed by atoms with Crippen LogP contribution in [0.3, 0.4) is 0 Å². The SMILES string of the molecule is Cc1ccc(P(c2ccc(C)cc2)c2ccccc2Br)cc1. The number of hydrogen-bond acceptors (Lipinski definition) is 0. The second kappa shape index (κ2) is 6.77. The molecule has 0 aliphatic heterocycles. The Hall–Kier alpha value is -1.43. The van der Waals surface area contributed by atoms with E-state index >= 15 is 0 Å². The van der Waals surface area contributed by atoms with Crippen LogP contribution in [-0.4, -0.2) is 0 Å². The van der Waals surface area contributed by atoms with Crippen molar-refractivity contribution in [2.75, 3.05) is 0 Å². The highest BCUT2D eigenvalue weighted by atomic mass is 79.9. The molecule has 3 aromatic carbocycles. The van der Waals surface area contributed by atoms with Gasteiger partial charge in [0.15, 0.2) is 0 Å². The van der Waals surface area contributed by atoms with Gasteiger partial charge in [-0.1, -0.05) is 93.8 Å². The minimum atomic E-state index is -0.538. The molecule has 110 valence electrons. The zero-order valence-corrected chi connectivity index (χ0v) is 15.2. The van der Waals surface area contributed by atoms with E-state index in [1.807, 2.05) is 0 Å². The fraction of sp³-hybridized carbons (Fsp3) is 0.100. The number of hydrogen-bond donors (Lipinski definition) is 0. The molecule has 0 bridgehead atoms. The lowest BCUT2D eigenvalue weighted by Gasteiger charge is -2.21. The highest BCUT2D eigenvalue weighted by Gasteiger charge is 2.18. The zero-order chi connectivity index (χ0) is 15.5. The van der Waals surface area contributed by atoms with Gasteiger partial charge in [-0.15, -0.1) is 0 Å². The molecule has 22 heavy (non-hydrogen) atoms. The van der Waals surface area contributed by atoms with E-state index in [9.17, 15) is 0 Å². The number of rotatable bonds is 3. The predicted molar refractivity (Wildman–Crippen MR) is 102 cm³/mol. The van der Waals surface area contributed by atoms with Crippen molar-refractivity contribution in [3.63, 3.8) is 0 Å². The van der Waals surface area contributed by atoms with Crippen LogP contribution in [0.1, 0.15) is 11.1 Å². The molecule has 0 atom stereocenters. The lowest BCUT2D eigenvalue weighted by molar-refractivity contribution is 1.49. The summed E-state index contributed by atoms with van der Waals surface area (Å²) < 4.78 is 1.18. The Morgan fingerprint density at radius 2 is 1.09 bits per heavy atom. The van der Waals surface area contributed by atoms with Crippen molar-refractivity contribution < 1.29 is 0 Å². The standard InChI is InChI=1S/C20H18BrP/c1-15-7-11-17(12-8-15)22(18-13-9-16(2)10-14-18)20-6-4-3-5-19(20)21/h3-14H,1-2H3. The third-order valence-corrected chi connectivity index (χ3v) is 7.18. The summed E-state index contributed by atoms with van der Waals surface area (Å²) >= 11 is 3.74. The van der Waals surface area contributed by atoms with E-state index in [0.717, 1.165) is 0 Å². The highest BCUT2D eigenvalue weighted by Crippen LogP contribution is 2.35. The van der Waals surface area contributed by atoms with E-state index in [1.165, 1.54) is 31.5 Å². The van der Waals surface area contributed by atoms with Crippen LogP contribution in [0.4, 0.5) is 0 Å². The normalized spacial score (nSPS) is 10.9. The monoisotopic (exact) mass is 368 g/mol. The van der Waals surface area contributed by atoms with Gasteiger partial charge in [0, 0.05) is 4.47 Å². The van der Waals surface area contributed by atoms with Gasteiger partial charge in [0.2, 0.25) is 0 Å². The third kappa shape index (κ3) is 3.32. The fourth-order valence-corrected chi connectivity index (χ4v) is 5.54. The Morgan fingerprint density at radius 1 is 0.636 bits per heavy atom. The predicted octanol–water partition coefficient (Wildman–Crippen LogP) is 4.82. The van der Waals surface area contributed by atoms with Crippen molar-refractivity contribution in [1.82, 2.24) is 0 Å². The molecule has 0 N–H and O–H groups in total. The smallest absolute Gasteiger partial charge is 0.0258 e. The average Bonchev–Trinajstić information content (AvgIpc) is 2.53. The molecule has 3 aromatic rings. The molecule has 0 aliphatic carbocycles. The van der Waals surface area contributed by atoms with Gasteiger partial charge in [-0.05, 0) is 43.7 Å². The fourth-order valence-electron chi connectivity index (χ4n) is 2.45. The van der Waals surface area contributed by atoms with E-state index in [4.69, 9.17) is 0 Å². The van der Waals surface area contributed by atoms with Gasteiger partial charge in [-0.2, -0.15) is 0 Å². The summed E-state index contributed by atoms with van der Waals surface area (Å²) in [7, 11) is -0.538. The molecule has 2 heteroatoms. The van der Waals surface area contributed by atoms with Crippen LogP contribution in [0, 0.1) is 13.8 Å². The van der Waals surface area contributed by atoms with Gasteiger partial charge < -0.3 is 0 Å². The molecule has 0 heterocycles. The van der Waals surface area contributed by atoms with Crippen LogP contribution in [0.2, 0.25) is 0 Å². The first-order valence-corrected chi connectivity index (χ1v) is 9.46. The maximum Gasteiger partial charge on any atom is 0.0258 e. The Kier molecular flexibility index (Phi) is 4.76. The first-order valence-electron chi connectivity index (χ1n) is 7.33. The summed E-state index contributed by atoms with van der Waals surface area (Å²) in [4.78, 5) is 0. The molecule has 0 aromatic heterocycles. The van der Waals surface area contributed by atoms with E-state index in [-0.39, 0.29) is 0 Å². The first-order chi connectivity index (χ1) is 10.6. The summed E-state index contributed by atoms with van der Waals surface area (Å²) in [6.45, 7) is 4.27. The Morgan fingerprint density at radius 3 is 1.55 bits per heavy atom. The molecule has 0 aliphatic rings. The van der Waals surface area contributed by atoms with Gasteiger partial charge in [-0.3, -0.25) is 0 Å². The van der Waals surface area contributed by atoms with Gasteiger partial charge in [0.25, 0.3) is 0 Å². The first kappa shape index (κ1) is 15.5. The largest absolute Gasteiger partial charge is 0.0615 e. The van der Waals surface area contributed by atoms with Gasteiger partial charge in [0.05, 0.1) is 0 Å². The van der Waals surface area contributed by atoms with E-state index < -0.39 is 7.92 Å². The molecule has 0 radical (unpaired) electrons. The molecule has 0 nitrogen and oxygen atoms in total. The lowest BCUT2D eigenvalue weighted by Crippen LogP contribution is -2.21. The van der Waals surface area contributed by atoms with Crippen LogP contribution in [0.25, 0.3) is 0 Å². The number of benzene rings is 3. The van der Waals surface area contributed by atoms with Crippen molar-refractivity contribution in [3.8, 4) is 0 Å². The maximum absolute atomic E-state index is 3.74. The van der Waals surface area contributed by atoms with Gasteiger partial charge >= 0.3 is 0 Å². The number of aryl methyl sites for hydroxylation is 2. The second-order valence-corrected chi connectivity index (χ2v) is 8.50. The van der Waals surface area contributed by atoms with Gasteiger partial charge in [0.1, 0.15) is 0 Å². The summed E-state index contributed by atoms with van der Waals surface area (Å²) in [5.74, 6) is 0. The van der Waals surface area contributed by atoms with Crippen LogP contribution in [-0.2, 0) is 0 Å². The summed E-state index contributed by atoms with van der Waals surface area (Å²) in [5, 5.41) is 4.14. The highest BCUT2D eigenvalue weighted by molar-refractivity contribution is 9.10. The average molecular weight is 369 g/mol. The third-order valence-electron chi connectivity index (χ3n) is 3.68.